The molecule has 48 heavy (non-hydrogen) atoms. The molecule has 0 aliphatic heterocycles. The molecular formula is C31H33F13O3S. The summed E-state index contributed by atoms with van der Waals surface area (Å²) < 4.78 is 183. The Bertz CT molecular complexity index is 1280. The number of carbonyl (C=O) groups excluding carboxylic acids is 1. The van der Waals surface area contributed by atoms with Crippen LogP contribution in [0.5, 0.6) is 11.5 Å². The summed E-state index contributed by atoms with van der Waals surface area (Å²) in [5, 5.41) is 0. The molecule has 0 aliphatic rings. The third-order valence-electron chi connectivity index (χ3n) is 7.07. The number of halogens is 13. The minimum absolute atomic E-state index is 0.00704. The summed E-state index contributed by atoms with van der Waals surface area (Å²) in [4.78, 5) is 12.4. The lowest BCUT2D eigenvalue weighted by Crippen LogP contribution is -2.70. The Labute approximate surface area is 272 Å². The normalized spacial score (nSPS) is 13.5. The molecule has 0 atom stereocenters. The van der Waals surface area contributed by atoms with E-state index in [1.54, 1.807) is 12.1 Å². The fourth-order valence-electron chi connectivity index (χ4n) is 4.14. The third kappa shape index (κ3) is 9.87. The van der Waals surface area contributed by atoms with Gasteiger partial charge in [0.1, 0.15) is 11.5 Å². The van der Waals surface area contributed by atoms with Crippen LogP contribution in [-0.2, 0) is 0 Å². The van der Waals surface area contributed by atoms with Crippen LogP contribution in [0.15, 0.2) is 53.4 Å². The molecule has 2 rings (SSSR count). The summed E-state index contributed by atoms with van der Waals surface area (Å²) in [6, 6.07) is 10.6. The summed E-state index contributed by atoms with van der Waals surface area (Å²) in [6.07, 6.45) is -0.654. The van der Waals surface area contributed by atoms with Gasteiger partial charge in [-0.1, -0.05) is 51.9 Å². The third-order valence-corrected chi connectivity index (χ3v) is 8.09. The zero-order valence-corrected chi connectivity index (χ0v) is 26.3. The molecule has 0 unspecified atom stereocenters. The zero-order chi connectivity index (χ0) is 36.4. The van der Waals surface area contributed by atoms with Gasteiger partial charge >= 0.3 is 41.8 Å². The number of benzene rings is 2. The van der Waals surface area contributed by atoms with Gasteiger partial charge in [-0.05, 0) is 55.0 Å². The molecule has 0 radical (unpaired) electrons. The summed E-state index contributed by atoms with van der Waals surface area (Å²) >= 11 is 0.303. The highest BCUT2D eigenvalue weighted by atomic mass is 32.2. The van der Waals surface area contributed by atoms with E-state index in [1.807, 2.05) is 0 Å². The maximum atomic E-state index is 14.0. The van der Waals surface area contributed by atoms with Crippen molar-refractivity contribution >= 4 is 17.7 Å². The minimum Gasteiger partial charge on any atom is -0.494 e. The number of ether oxygens (including phenoxy) is 2. The van der Waals surface area contributed by atoms with Gasteiger partial charge in [-0.2, -0.15) is 57.1 Å². The fourth-order valence-corrected chi connectivity index (χ4v) is 5.06. The number of unbranched alkanes of at least 4 members (excludes halogenated alkanes) is 7. The quantitative estimate of drug-likeness (QED) is 0.0446. The molecular weight excluding hydrogens is 699 g/mol. The van der Waals surface area contributed by atoms with Crippen LogP contribution >= 0.6 is 11.8 Å². The lowest BCUT2D eigenvalue weighted by Gasteiger charge is -2.39. The van der Waals surface area contributed by atoms with Gasteiger partial charge in [-0.3, -0.25) is 0 Å². The van der Waals surface area contributed by atoms with Crippen LogP contribution in [0.4, 0.5) is 57.1 Å². The van der Waals surface area contributed by atoms with E-state index in [4.69, 9.17) is 9.47 Å². The summed E-state index contributed by atoms with van der Waals surface area (Å²) in [7, 11) is 0. The maximum Gasteiger partial charge on any atom is 0.460 e. The Morgan fingerprint density at radius 1 is 0.604 bits per heavy atom. The highest BCUT2D eigenvalue weighted by Crippen LogP contribution is 2.60. The molecule has 0 heterocycles. The topological polar surface area (TPSA) is 35.5 Å². The van der Waals surface area contributed by atoms with Crippen molar-refractivity contribution in [2.24, 2.45) is 0 Å². The number of carbonyl (C=O) groups is 1. The number of alkyl halides is 13. The van der Waals surface area contributed by atoms with E-state index in [-0.39, 0.29) is 16.2 Å². The van der Waals surface area contributed by atoms with Crippen molar-refractivity contribution in [3.63, 3.8) is 0 Å². The van der Waals surface area contributed by atoms with Crippen molar-refractivity contribution in [2.45, 2.75) is 105 Å². The van der Waals surface area contributed by atoms with Gasteiger partial charge in [0, 0.05) is 17.1 Å². The number of rotatable bonds is 20. The first kappa shape index (κ1) is 41.3. The number of esters is 1. The molecule has 0 saturated carbocycles. The maximum absolute atomic E-state index is 14.0. The molecule has 0 aliphatic carbocycles. The standard InChI is InChI=1S/C31H33F13O3S/c1-2-3-4-5-6-7-8-9-19-46-22-12-10-21(11-13-22)25(45)47-23-14-16-24(17-15-23)48-20-18-26(32,33)27(34,35)28(36,37)29(38,39)30(40,41)31(42,43)44/h10-17H,2-9,18-20H2,1H3. The van der Waals surface area contributed by atoms with Crippen molar-refractivity contribution in [1.29, 1.82) is 0 Å². The second kappa shape index (κ2) is 16.7. The van der Waals surface area contributed by atoms with Crippen LogP contribution in [0.2, 0.25) is 0 Å². The van der Waals surface area contributed by atoms with E-state index in [9.17, 15) is 61.9 Å². The van der Waals surface area contributed by atoms with Gasteiger partial charge in [0.2, 0.25) is 0 Å². The smallest absolute Gasteiger partial charge is 0.460 e. The average Bonchev–Trinajstić information content (AvgIpc) is 3.00. The van der Waals surface area contributed by atoms with Crippen molar-refractivity contribution in [3.05, 3.63) is 54.1 Å². The second-order valence-electron chi connectivity index (χ2n) is 10.8. The summed E-state index contributed by atoms with van der Waals surface area (Å²) in [5.41, 5.74) is 0.145. The lowest BCUT2D eigenvalue weighted by atomic mass is 9.93. The zero-order valence-electron chi connectivity index (χ0n) is 25.4. The molecule has 272 valence electrons. The van der Waals surface area contributed by atoms with E-state index in [2.05, 4.69) is 6.92 Å². The largest absolute Gasteiger partial charge is 0.494 e. The van der Waals surface area contributed by atoms with Crippen LogP contribution < -0.4 is 9.47 Å². The molecule has 0 amide bonds. The van der Waals surface area contributed by atoms with Crippen LogP contribution in [0.1, 0.15) is 75.1 Å². The van der Waals surface area contributed by atoms with Crippen molar-refractivity contribution < 1.29 is 71.3 Å². The van der Waals surface area contributed by atoms with Crippen LogP contribution in [0.25, 0.3) is 0 Å². The number of thioether (sulfide) groups is 1. The van der Waals surface area contributed by atoms with Gasteiger partial charge in [-0.25, -0.2) is 4.79 Å². The van der Waals surface area contributed by atoms with Gasteiger partial charge in [0.05, 0.1) is 12.2 Å². The van der Waals surface area contributed by atoms with E-state index in [0.717, 1.165) is 43.5 Å². The minimum atomic E-state index is -7.92. The molecule has 0 fully saturated rings. The fraction of sp³-hybridized carbons (Fsp3) is 0.581. The van der Waals surface area contributed by atoms with Crippen LogP contribution in [0.3, 0.4) is 0 Å². The molecule has 0 N–H and O–H groups in total. The van der Waals surface area contributed by atoms with E-state index in [0.29, 0.717) is 24.1 Å². The molecule has 2 aromatic carbocycles. The molecule has 0 saturated heterocycles. The Morgan fingerprint density at radius 2 is 1.08 bits per heavy atom. The van der Waals surface area contributed by atoms with Gasteiger partial charge in [0.25, 0.3) is 0 Å². The van der Waals surface area contributed by atoms with Crippen molar-refractivity contribution in [3.8, 4) is 11.5 Å². The summed E-state index contributed by atoms with van der Waals surface area (Å²) in [5.74, 6) is -38.4. The monoisotopic (exact) mass is 732 g/mol. The first-order valence-electron chi connectivity index (χ1n) is 14.8. The predicted molar refractivity (Wildman–Crippen MR) is 152 cm³/mol. The SMILES string of the molecule is CCCCCCCCCCOc1ccc(C(=O)Oc2ccc(SCCC(F)(F)C(F)(F)C(F)(F)C(F)(F)C(F)(F)C(F)(F)F)cc2)cc1. The average molecular weight is 733 g/mol. The predicted octanol–water partition coefficient (Wildman–Crippen LogP) is 11.6. The molecule has 3 nitrogen and oxygen atoms in total. The highest BCUT2D eigenvalue weighted by Gasteiger charge is 2.90. The highest BCUT2D eigenvalue weighted by molar-refractivity contribution is 7.99. The molecule has 17 heteroatoms. The Kier molecular flexibility index (Phi) is 14.4. The van der Waals surface area contributed by atoms with E-state index in [1.165, 1.54) is 44.2 Å². The lowest BCUT2D eigenvalue weighted by molar-refractivity contribution is -0.439. The Hall–Kier alpha value is -2.85. The molecule has 2 aromatic rings. The van der Waals surface area contributed by atoms with Crippen molar-refractivity contribution in [1.82, 2.24) is 0 Å². The second-order valence-corrected chi connectivity index (χ2v) is 12.0. The van der Waals surface area contributed by atoms with Crippen LogP contribution in [-0.4, -0.2) is 54.1 Å². The molecule has 0 spiro atoms. The van der Waals surface area contributed by atoms with Crippen molar-refractivity contribution in [2.75, 3.05) is 12.4 Å². The van der Waals surface area contributed by atoms with Gasteiger partial charge in [-0.15, -0.1) is 11.8 Å². The van der Waals surface area contributed by atoms with Gasteiger partial charge in [0.15, 0.2) is 0 Å². The number of hydrogen-bond donors (Lipinski definition) is 0. The van der Waals surface area contributed by atoms with Gasteiger partial charge < -0.3 is 9.47 Å². The van der Waals surface area contributed by atoms with Crippen LogP contribution in [0, 0.1) is 0 Å². The van der Waals surface area contributed by atoms with E-state index < -0.39 is 53.9 Å². The Morgan fingerprint density at radius 3 is 1.60 bits per heavy atom. The number of hydrogen-bond acceptors (Lipinski definition) is 4. The summed E-state index contributed by atoms with van der Waals surface area (Å²) in [6.45, 7) is 2.67. The first-order valence-corrected chi connectivity index (χ1v) is 15.7. The molecule has 0 aromatic heterocycles. The molecule has 0 bridgehead atoms. The first-order chi connectivity index (χ1) is 22.1. The van der Waals surface area contributed by atoms with E-state index >= 15 is 0 Å². The Balaban J connectivity index is 1.87.